The Morgan fingerprint density at radius 1 is 1.61 bits per heavy atom. The van der Waals surface area contributed by atoms with Crippen LogP contribution >= 0.6 is 0 Å². The fourth-order valence-electron chi connectivity index (χ4n) is 1.35. The van der Waals surface area contributed by atoms with Crippen LogP contribution in [0.15, 0.2) is 10.9 Å². The molecule has 0 saturated heterocycles. The molecule has 1 atom stereocenters. The van der Waals surface area contributed by atoms with Crippen LogP contribution in [-0.2, 0) is 4.79 Å². The molecule has 0 aliphatic rings. The molecule has 0 amide bonds. The molecule has 0 radical (unpaired) electrons. The van der Waals surface area contributed by atoms with Crippen LogP contribution in [0.3, 0.4) is 0 Å². The quantitative estimate of drug-likeness (QED) is 0.526. The number of hydrogen-bond donors (Lipinski definition) is 3. The van der Waals surface area contributed by atoms with Gasteiger partial charge in [-0.05, 0) is 12.8 Å². The minimum Gasteiger partial charge on any atom is -0.549 e. The number of carbonyl (C=O) groups is 1. The monoisotopic (exact) mass is 254 g/mol. The van der Waals surface area contributed by atoms with E-state index in [1.165, 1.54) is 6.92 Å². The zero-order chi connectivity index (χ0) is 13.5. The second-order valence-electron chi connectivity index (χ2n) is 3.92. The van der Waals surface area contributed by atoms with E-state index < -0.39 is 17.4 Å². The first-order valence-corrected chi connectivity index (χ1v) is 5.71. The van der Waals surface area contributed by atoms with Gasteiger partial charge in [-0.3, -0.25) is 9.78 Å². The molecular weight excluding hydrogens is 238 g/mol. The van der Waals surface area contributed by atoms with Gasteiger partial charge in [-0.2, -0.15) is 0 Å². The van der Waals surface area contributed by atoms with Gasteiger partial charge < -0.3 is 20.3 Å². The molecule has 7 heteroatoms. The molecule has 18 heavy (non-hydrogen) atoms. The number of carboxylic acid groups (broad SMARTS) is 1. The van der Waals surface area contributed by atoms with Crippen molar-refractivity contribution in [2.75, 3.05) is 18.5 Å². The highest BCUT2D eigenvalue weighted by Crippen LogP contribution is 2.10. The standard InChI is InChI=1S/C11H17N3O4/c1-7(10(17)18)8-6-9(16)14-11(13-8)12-4-2-3-5-15/h6-7,15H,2-5H2,1H3,(H,17,18)(H2,12,13,14,16)/p-1. The number of nitrogens with zero attached hydrogens (tertiary/aromatic N) is 1. The van der Waals surface area contributed by atoms with Gasteiger partial charge in [0.15, 0.2) is 0 Å². The van der Waals surface area contributed by atoms with Crippen LogP contribution in [0.1, 0.15) is 31.4 Å². The van der Waals surface area contributed by atoms with Crippen LogP contribution in [0.5, 0.6) is 0 Å². The van der Waals surface area contributed by atoms with Gasteiger partial charge in [0.25, 0.3) is 5.56 Å². The third-order valence-corrected chi connectivity index (χ3v) is 2.44. The van der Waals surface area contributed by atoms with Crippen molar-refractivity contribution in [2.24, 2.45) is 0 Å². The summed E-state index contributed by atoms with van der Waals surface area (Å²) in [6, 6.07) is 1.14. The Morgan fingerprint density at radius 3 is 2.94 bits per heavy atom. The van der Waals surface area contributed by atoms with E-state index in [4.69, 9.17) is 5.11 Å². The van der Waals surface area contributed by atoms with E-state index in [0.29, 0.717) is 13.0 Å². The highest BCUT2D eigenvalue weighted by molar-refractivity contribution is 5.72. The van der Waals surface area contributed by atoms with Gasteiger partial charge >= 0.3 is 0 Å². The number of anilines is 1. The molecule has 0 spiro atoms. The number of H-pyrrole nitrogens is 1. The first-order chi connectivity index (χ1) is 8.54. The fraction of sp³-hybridized carbons (Fsp3) is 0.545. The summed E-state index contributed by atoms with van der Waals surface area (Å²) in [5.74, 6) is -1.99. The lowest BCUT2D eigenvalue weighted by Crippen LogP contribution is -2.29. The van der Waals surface area contributed by atoms with Crippen LogP contribution in [-0.4, -0.2) is 34.2 Å². The number of aromatic amines is 1. The summed E-state index contributed by atoms with van der Waals surface area (Å²) in [6.07, 6.45) is 1.37. The molecule has 1 unspecified atom stereocenters. The van der Waals surface area contributed by atoms with Gasteiger partial charge in [-0.25, -0.2) is 4.98 Å². The maximum Gasteiger partial charge on any atom is 0.252 e. The Kier molecular flexibility index (Phi) is 5.31. The predicted octanol–water partition coefficient (Wildman–Crippen LogP) is -1.19. The van der Waals surface area contributed by atoms with Crippen LogP contribution in [0, 0.1) is 0 Å². The van der Waals surface area contributed by atoms with E-state index in [9.17, 15) is 14.7 Å². The van der Waals surface area contributed by atoms with E-state index in [1.54, 1.807) is 0 Å². The van der Waals surface area contributed by atoms with Crippen LogP contribution in [0.2, 0.25) is 0 Å². The van der Waals surface area contributed by atoms with Crippen molar-refractivity contribution in [2.45, 2.75) is 25.7 Å². The Bertz CT molecular complexity index is 458. The molecule has 1 aromatic heterocycles. The van der Waals surface area contributed by atoms with Crippen molar-refractivity contribution in [1.29, 1.82) is 0 Å². The number of carbonyl (C=O) groups excluding carboxylic acids is 1. The predicted molar refractivity (Wildman–Crippen MR) is 63.1 cm³/mol. The Hall–Kier alpha value is -1.89. The maximum absolute atomic E-state index is 11.3. The Balaban J connectivity index is 2.75. The lowest BCUT2D eigenvalue weighted by molar-refractivity contribution is -0.307. The summed E-state index contributed by atoms with van der Waals surface area (Å²) in [5, 5.41) is 22.2. The number of rotatable bonds is 7. The van der Waals surface area contributed by atoms with Gasteiger partial charge in [0.2, 0.25) is 5.95 Å². The van der Waals surface area contributed by atoms with Crippen molar-refractivity contribution < 1.29 is 15.0 Å². The molecule has 0 aliphatic heterocycles. The smallest absolute Gasteiger partial charge is 0.252 e. The maximum atomic E-state index is 11.3. The molecule has 3 N–H and O–H groups in total. The molecule has 100 valence electrons. The van der Waals surface area contributed by atoms with E-state index in [0.717, 1.165) is 12.5 Å². The van der Waals surface area contributed by atoms with Gasteiger partial charge in [-0.15, -0.1) is 0 Å². The van der Waals surface area contributed by atoms with Crippen LogP contribution in [0.25, 0.3) is 0 Å². The molecule has 0 aromatic carbocycles. The summed E-state index contributed by atoms with van der Waals surface area (Å²) in [5.41, 5.74) is -0.263. The number of aromatic nitrogens is 2. The summed E-state index contributed by atoms with van der Waals surface area (Å²) >= 11 is 0. The van der Waals surface area contributed by atoms with Crippen molar-refractivity contribution in [3.63, 3.8) is 0 Å². The molecule has 0 saturated carbocycles. The number of hydrogen-bond acceptors (Lipinski definition) is 6. The van der Waals surface area contributed by atoms with Gasteiger partial charge in [0.1, 0.15) is 0 Å². The summed E-state index contributed by atoms with van der Waals surface area (Å²) in [4.78, 5) is 28.5. The molecular formula is C11H16N3O4-. The SMILES string of the molecule is CC(C(=O)[O-])c1cc(=O)[nH]c(NCCCCO)n1. The highest BCUT2D eigenvalue weighted by Gasteiger charge is 2.10. The second-order valence-corrected chi connectivity index (χ2v) is 3.92. The van der Waals surface area contributed by atoms with E-state index in [1.807, 2.05) is 0 Å². The van der Waals surface area contributed by atoms with Crippen LogP contribution < -0.4 is 16.0 Å². The van der Waals surface area contributed by atoms with Crippen molar-refractivity contribution in [1.82, 2.24) is 9.97 Å². The number of aliphatic hydroxyl groups is 1. The number of nitrogens with one attached hydrogen (secondary N) is 2. The Labute approximate surface area is 104 Å². The number of carboxylic acids is 1. The van der Waals surface area contributed by atoms with Gasteiger partial charge in [0.05, 0.1) is 11.7 Å². The molecule has 1 heterocycles. The third kappa shape index (κ3) is 4.17. The van der Waals surface area contributed by atoms with E-state index in [-0.39, 0.29) is 18.2 Å². The second kappa shape index (κ2) is 6.75. The summed E-state index contributed by atoms with van der Waals surface area (Å²) < 4.78 is 0. The summed E-state index contributed by atoms with van der Waals surface area (Å²) in [6.45, 7) is 2.05. The van der Waals surface area contributed by atoms with Crippen molar-refractivity contribution in [3.05, 3.63) is 22.1 Å². The van der Waals surface area contributed by atoms with Crippen LogP contribution in [0.4, 0.5) is 5.95 Å². The number of aliphatic carboxylic acids is 1. The molecule has 1 rings (SSSR count). The zero-order valence-corrected chi connectivity index (χ0v) is 10.1. The molecule has 7 nitrogen and oxygen atoms in total. The van der Waals surface area contributed by atoms with E-state index in [2.05, 4.69) is 15.3 Å². The van der Waals surface area contributed by atoms with Crippen molar-refractivity contribution in [3.8, 4) is 0 Å². The zero-order valence-electron chi connectivity index (χ0n) is 10.1. The number of aliphatic hydroxyl groups excluding tert-OH is 1. The molecule has 1 aromatic rings. The highest BCUT2D eigenvalue weighted by atomic mass is 16.4. The minimum atomic E-state index is -1.28. The van der Waals surface area contributed by atoms with Gasteiger partial charge in [-0.1, -0.05) is 6.92 Å². The number of unbranched alkanes of at least 4 members (excludes halogenated alkanes) is 1. The first kappa shape index (κ1) is 14.2. The normalized spacial score (nSPS) is 12.1. The van der Waals surface area contributed by atoms with Gasteiger partial charge in [0, 0.05) is 25.1 Å². The third-order valence-electron chi connectivity index (χ3n) is 2.44. The Morgan fingerprint density at radius 2 is 2.33 bits per heavy atom. The molecule has 0 bridgehead atoms. The fourth-order valence-corrected chi connectivity index (χ4v) is 1.35. The lowest BCUT2D eigenvalue weighted by atomic mass is 10.1. The largest absolute Gasteiger partial charge is 0.549 e. The minimum absolute atomic E-state index is 0.105. The average molecular weight is 254 g/mol. The lowest BCUT2D eigenvalue weighted by Gasteiger charge is -2.13. The van der Waals surface area contributed by atoms with Crippen molar-refractivity contribution >= 4 is 11.9 Å². The summed E-state index contributed by atoms with van der Waals surface area (Å²) in [7, 11) is 0. The van der Waals surface area contributed by atoms with E-state index >= 15 is 0 Å². The first-order valence-electron chi connectivity index (χ1n) is 5.71. The molecule has 0 fully saturated rings. The average Bonchev–Trinajstić information content (AvgIpc) is 2.33. The molecule has 0 aliphatic carbocycles. The topological polar surface area (TPSA) is 118 Å².